The molecule has 0 atom stereocenters. The Kier molecular flexibility index (Phi) is 4.04. The summed E-state index contributed by atoms with van der Waals surface area (Å²) in [6, 6.07) is 2.00. The molecule has 0 unspecified atom stereocenters. The van der Waals surface area contributed by atoms with Crippen LogP contribution in [0.1, 0.15) is 13.8 Å². The first-order valence-corrected chi connectivity index (χ1v) is 6.46. The van der Waals surface area contributed by atoms with Crippen LogP contribution in [0.15, 0.2) is 20.1 Å². The fourth-order valence-electron chi connectivity index (χ4n) is 0.887. The van der Waals surface area contributed by atoms with Crippen molar-refractivity contribution in [2.24, 2.45) is 0 Å². The van der Waals surface area contributed by atoms with Gasteiger partial charge < -0.3 is 4.74 Å². The van der Waals surface area contributed by atoms with E-state index in [4.69, 9.17) is 4.74 Å². The van der Waals surface area contributed by atoms with Crippen LogP contribution in [0.4, 0.5) is 0 Å². The average molecular weight is 295 g/mol. The molecule has 0 aliphatic heterocycles. The fourth-order valence-corrected chi connectivity index (χ4v) is 4.01. The monoisotopic (exact) mass is 294 g/mol. The zero-order valence-corrected chi connectivity index (χ0v) is 11.4. The third-order valence-corrected chi connectivity index (χ3v) is 4.59. The number of ether oxygens (including phenoxy) is 1. The van der Waals surface area contributed by atoms with Gasteiger partial charge in [0, 0.05) is 9.85 Å². The second-order valence-electron chi connectivity index (χ2n) is 3.19. The molecule has 1 aromatic rings. The lowest BCUT2D eigenvalue weighted by molar-refractivity contribution is -0.142. The van der Waals surface area contributed by atoms with Gasteiger partial charge in [-0.05, 0) is 35.8 Å². The van der Waals surface area contributed by atoms with E-state index in [2.05, 4.69) is 15.9 Å². The minimum absolute atomic E-state index is 0.202. The van der Waals surface area contributed by atoms with Gasteiger partial charge in [0.25, 0.3) is 0 Å². The molecule has 1 aromatic heterocycles. The highest BCUT2D eigenvalue weighted by molar-refractivity contribution is 9.10. The maximum absolute atomic E-state index is 11.4. The SMILES string of the molecule is COC(=O)C(C)(C)Sc1cc(Br)cs1. The van der Waals surface area contributed by atoms with Crippen molar-refractivity contribution in [3.05, 3.63) is 15.9 Å². The Balaban J connectivity index is 2.72. The van der Waals surface area contributed by atoms with E-state index in [0.29, 0.717) is 0 Å². The molecular weight excluding hydrogens is 284 g/mol. The van der Waals surface area contributed by atoms with Crippen LogP contribution in [0.3, 0.4) is 0 Å². The van der Waals surface area contributed by atoms with E-state index in [9.17, 15) is 4.79 Å². The van der Waals surface area contributed by atoms with E-state index in [1.54, 1.807) is 11.3 Å². The Bertz CT molecular complexity index is 333. The van der Waals surface area contributed by atoms with Gasteiger partial charge in [0.05, 0.1) is 11.3 Å². The first-order valence-electron chi connectivity index (χ1n) is 3.97. The van der Waals surface area contributed by atoms with Crippen LogP contribution in [-0.2, 0) is 9.53 Å². The zero-order valence-electron chi connectivity index (χ0n) is 8.17. The van der Waals surface area contributed by atoms with Crippen LogP contribution >= 0.6 is 39.0 Å². The Labute approximate surface area is 100 Å². The third-order valence-electron chi connectivity index (χ3n) is 1.58. The van der Waals surface area contributed by atoms with Gasteiger partial charge in [-0.1, -0.05) is 11.8 Å². The van der Waals surface area contributed by atoms with E-state index in [-0.39, 0.29) is 5.97 Å². The molecule has 0 radical (unpaired) electrons. The first kappa shape index (κ1) is 12.1. The van der Waals surface area contributed by atoms with Crippen molar-refractivity contribution in [1.29, 1.82) is 0 Å². The number of carbonyl (C=O) groups excluding carboxylic acids is 1. The second-order valence-corrected chi connectivity index (χ2v) is 6.94. The lowest BCUT2D eigenvalue weighted by Gasteiger charge is -2.19. The smallest absolute Gasteiger partial charge is 0.321 e. The molecule has 0 aliphatic rings. The first-order chi connectivity index (χ1) is 6.45. The molecule has 0 aliphatic carbocycles. The lowest BCUT2D eigenvalue weighted by atomic mass is 10.2. The Morgan fingerprint density at radius 1 is 1.64 bits per heavy atom. The van der Waals surface area contributed by atoms with E-state index in [1.807, 2.05) is 25.3 Å². The number of methoxy groups -OCH3 is 1. The molecular formula is C9H11BrO2S2. The van der Waals surface area contributed by atoms with Gasteiger partial charge in [-0.15, -0.1) is 11.3 Å². The molecule has 0 saturated heterocycles. The van der Waals surface area contributed by atoms with Gasteiger partial charge in [-0.2, -0.15) is 0 Å². The maximum atomic E-state index is 11.4. The Morgan fingerprint density at radius 3 is 2.71 bits per heavy atom. The summed E-state index contributed by atoms with van der Waals surface area (Å²) in [6.45, 7) is 3.72. The van der Waals surface area contributed by atoms with E-state index in [1.165, 1.54) is 18.9 Å². The molecule has 0 fully saturated rings. The van der Waals surface area contributed by atoms with Gasteiger partial charge in [-0.3, -0.25) is 4.79 Å². The molecule has 0 aromatic carbocycles. The summed E-state index contributed by atoms with van der Waals surface area (Å²) >= 11 is 6.50. The second kappa shape index (κ2) is 4.68. The normalized spacial score (nSPS) is 11.4. The van der Waals surface area contributed by atoms with Gasteiger partial charge >= 0.3 is 5.97 Å². The topological polar surface area (TPSA) is 26.3 Å². The number of thiophene rings is 1. The Hall–Kier alpha value is -0.0000000000000000833. The predicted molar refractivity (Wildman–Crippen MR) is 64.0 cm³/mol. The van der Waals surface area contributed by atoms with Crippen LogP contribution in [0, 0.1) is 0 Å². The predicted octanol–water partition coefficient (Wildman–Crippen LogP) is 3.55. The number of rotatable bonds is 3. The number of halogens is 1. The summed E-state index contributed by atoms with van der Waals surface area (Å²) in [4.78, 5) is 11.4. The van der Waals surface area contributed by atoms with Gasteiger partial charge in [0.15, 0.2) is 0 Å². The maximum Gasteiger partial charge on any atom is 0.321 e. The molecule has 2 nitrogen and oxygen atoms in total. The van der Waals surface area contributed by atoms with Crippen molar-refractivity contribution in [3.8, 4) is 0 Å². The zero-order chi connectivity index (χ0) is 10.8. The summed E-state index contributed by atoms with van der Waals surface area (Å²) < 4.78 is 6.35. The van der Waals surface area contributed by atoms with Crippen LogP contribution in [0.25, 0.3) is 0 Å². The van der Waals surface area contributed by atoms with Crippen molar-refractivity contribution in [3.63, 3.8) is 0 Å². The van der Waals surface area contributed by atoms with Crippen LogP contribution in [0.2, 0.25) is 0 Å². The molecule has 0 spiro atoms. The van der Waals surface area contributed by atoms with Crippen LogP contribution in [-0.4, -0.2) is 17.8 Å². The lowest BCUT2D eigenvalue weighted by Crippen LogP contribution is -2.28. The molecule has 5 heteroatoms. The summed E-state index contributed by atoms with van der Waals surface area (Å²) in [7, 11) is 1.41. The van der Waals surface area contributed by atoms with Crippen molar-refractivity contribution >= 4 is 45.0 Å². The molecule has 0 amide bonds. The Morgan fingerprint density at radius 2 is 2.29 bits per heavy atom. The highest BCUT2D eigenvalue weighted by Crippen LogP contribution is 2.38. The number of thioether (sulfide) groups is 1. The third kappa shape index (κ3) is 3.00. The highest BCUT2D eigenvalue weighted by Gasteiger charge is 2.30. The molecule has 0 saturated carbocycles. The molecule has 78 valence electrons. The highest BCUT2D eigenvalue weighted by atomic mass is 79.9. The van der Waals surface area contributed by atoms with E-state index in [0.717, 1.165) is 8.68 Å². The van der Waals surface area contributed by atoms with Crippen molar-refractivity contribution < 1.29 is 9.53 Å². The summed E-state index contributed by atoms with van der Waals surface area (Å²) in [5.74, 6) is -0.202. The average Bonchev–Trinajstić information content (AvgIpc) is 2.48. The van der Waals surface area contributed by atoms with Crippen LogP contribution in [0.5, 0.6) is 0 Å². The number of hydrogen-bond acceptors (Lipinski definition) is 4. The van der Waals surface area contributed by atoms with Crippen molar-refractivity contribution in [2.75, 3.05) is 7.11 Å². The number of hydrogen-bond donors (Lipinski definition) is 0. The molecule has 0 N–H and O–H groups in total. The quantitative estimate of drug-likeness (QED) is 0.630. The molecule has 1 heterocycles. The van der Waals surface area contributed by atoms with Gasteiger partial charge in [-0.25, -0.2) is 0 Å². The number of carbonyl (C=O) groups is 1. The molecule has 0 bridgehead atoms. The standard InChI is InChI=1S/C9H11BrO2S2/c1-9(2,8(11)12-3)14-7-4-6(10)5-13-7/h4-5H,1-3H3. The van der Waals surface area contributed by atoms with Gasteiger partial charge in [0.1, 0.15) is 4.75 Å². The van der Waals surface area contributed by atoms with Gasteiger partial charge in [0.2, 0.25) is 0 Å². The van der Waals surface area contributed by atoms with Crippen LogP contribution < -0.4 is 0 Å². The minimum Gasteiger partial charge on any atom is -0.468 e. The minimum atomic E-state index is -0.529. The fraction of sp³-hybridized carbons (Fsp3) is 0.444. The summed E-state index contributed by atoms with van der Waals surface area (Å²) in [5, 5.41) is 2.00. The van der Waals surface area contributed by atoms with Crippen molar-refractivity contribution in [2.45, 2.75) is 22.8 Å². The summed E-state index contributed by atoms with van der Waals surface area (Å²) in [6.07, 6.45) is 0. The molecule has 14 heavy (non-hydrogen) atoms. The van der Waals surface area contributed by atoms with E-state index < -0.39 is 4.75 Å². The largest absolute Gasteiger partial charge is 0.468 e. The summed E-state index contributed by atoms with van der Waals surface area (Å²) in [5.41, 5.74) is 0. The van der Waals surface area contributed by atoms with Crippen molar-refractivity contribution in [1.82, 2.24) is 0 Å². The van der Waals surface area contributed by atoms with E-state index >= 15 is 0 Å². The number of esters is 1. The molecule has 1 rings (SSSR count).